The van der Waals surface area contributed by atoms with Crippen LogP contribution in [0.25, 0.3) is 0 Å². The molecule has 0 saturated carbocycles. The number of hydrogen-bond donors (Lipinski definition) is 1. The fraction of sp³-hybridized carbons (Fsp3) is 0.400. The number of nitrogens with zero attached hydrogens (tertiary/aromatic N) is 2. The summed E-state index contributed by atoms with van der Waals surface area (Å²) in [6.07, 6.45) is 0.425. The molecule has 2 fully saturated rings. The molecule has 0 aromatic heterocycles. The highest BCUT2D eigenvalue weighted by molar-refractivity contribution is 6.05. The lowest BCUT2D eigenvalue weighted by atomic mass is 10.0. The molecule has 3 heterocycles. The van der Waals surface area contributed by atoms with Crippen LogP contribution in [0.5, 0.6) is 5.75 Å². The van der Waals surface area contributed by atoms with Gasteiger partial charge >= 0.3 is 0 Å². The molecule has 2 saturated heterocycles. The molecule has 3 amide bonds. The number of fused-ring (bicyclic) bond motifs is 1. The average molecular weight is 470 g/mol. The molecule has 1 unspecified atom stereocenters. The maximum atomic E-state index is 14.9. The van der Waals surface area contributed by atoms with Crippen molar-refractivity contribution in [1.82, 2.24) is 15.1 Å². The van der Waals surface area contributed by atoms with Gasteiger partial charge in [-0.05, 0) is 30.2 Å². The quantitative estimate of drug-likeness (QED) is 0.652. The van der Waals surface area contributed by atoms with Crippen LogP contribution < -0.4 is 10.1 Å². The molecule has 0 aliphatic carbocycles. The second-order valence-corrected chi connectivity index (χ2v) is 8.49. The van der Waals surface area contributed by atoms with Crippen LogP contribution in [0.15, 0.2) is 36.4 Å². The van der Waals surface area contributed by atoms with Crippen LogP contribution in [0.1, 0.15) is 42.6 Å². The predicted octanol–water partition coefficient (Wildman–Crippen LogP) is 2.00. The number of rotatable bonds is 6. The standard InChI is InChI=1S/C25H26FN3O5/c26-20-12-16(13-28-8-10-33-11-9-28)4-5-17(20)15-34-22-3-1-2-18-19(22)14-29(25(18)32)21-6-7-23(30)27-24(21)31/h1-5,12,21H,6-11,13-15H2,(H,27,30,31)/i13D2. The SMILES string of the molecule is [2H]C([2H])(c1ccc(COc2cccc3c2CN(C2CCC(=O)NC2=O)C3=O)c(F)c1)N1CCOCC1. The van der Waals surface area contributed by atoms with Crippen LogP contribution in [0.3, 0.4) is 0 Å². The van der Waals surface area contributed by atoms with Gasteiger partial charge in [-0.2, -0.15) is 0 Å². The summed E-state index contributed by atoms with van der Waals surface area (Å²) >= 11 is 0. The number of hydrogen-bond acceptors (Lipinski definition) is 6. The summed E-state index contributed by atoms with van der Waals surface area (Å²) in [5.74, 6) is -1.34. The minimum atomic E-state index is -1.83. The molecule has 3 aliphatic heterocycles. The van der Waals surface area contributed by atoms with E-state index in [1.807, 2.05) is 0 Å². The lowest BCUT2D eigenvalue weighted by Gasteiger charge is -2.29. The predicted molar refractivity (Wildman–Crippen MR) is 119 cm³/mol. The van der Waals surface area contributed by atoms with Crippen molar-refractivity contribution in [3.05, 3.63) is 64.5 Å². The number of morpholine rings is 1. The van der Waals surface area contributed by atoms with Crippen LogP contribution in [-0.2, 0) is 34.0 Å². The van der Waals surface area contributed by atoms with E-state index < -0.39 is 24.3 Å². The summed E-state index contributed by atoms with van der Waals surface area (Å²) < 4.78 is 43.0. The summed E-state index contributed by atoms with van der Waals surface area (Å²) in [5, 5.41) is 2.28. The second-order valence-electron chi connectivity index (χ2n) is 8.49. The summed E-state index contributed by atoms with van der Waals surface area (Å²) in [6.45, 7) is -0.0878. The first-order valence-electron chi connectivity index (χ1n) is 12.3. The number of carbonyl (C=O) groups is 3. The van der Waals surface area contributed by atoms with E-state index in [9.17, 15) is 18.8 Å². The van der Waals surface area contributed by atoms with Crippen LogP contribution in [0, 0.1) is 5.82 Å². The van der Waals surface area contributed by atoms with E-state index in [4.69, 9.17) is 12.2 Å². The number of benzene rings is 2. The minimum Gasteiger partial charge on any atom is -0.488 e. The summed E-state index contributed by atoms with van der Waals surface area (Å²) in [6, 6.07) is 8.52. The van der Waals surface area contributed by atoms with Gasteiger partial charge in [-0.25, -0.2) is 4.39 Å². The molecule has 178 valence electrons. The Hall–Kier alpha value is -3.30. The van der Waals surface area contributed by atoms with Gasteiger partial charge in [0, 0.05) is 45.4 Å². The maximum Gasteiger partial charge on any atom is 0.255 e. The van der Waals surface area contributed by atoms with Crippen LogP contribution in [0.4, 0.5) is 4.39 Å². The van der Waals surface area contributed by atoms with Crippen molar-refractivity contribution in [2.45, 2.75) is 38.5 Å². The Kier molecular flexibility index (Phi) is 5.63. The number of imide groups is 1. The largest absolute Gasteiger partial charge is 0.488 e. The molecule has 0 bridgehead atoms. The van der Waals surface area contributed by atoms with Crippen molar-refractivity contribution in [2.24, 2.45) is 0 Å². The van der Waals surface area contributed by atoms with Gasteiger partial charge in [-0.15, -0.1) is 0 Å². The Morgan fingerprint density at radius 3 is 2.76 bits per heavy atom. The number of halogens is 1. The van der Waals surface area contributed by atoms with Crippen LogP contribution >= 0.6 is 0 Å². The zero-order chi connectivity index (χ0) is 25.4. The van der Waals surface area contributed by atoms with E-state index in [1.54, 1.807) is 29.2 Å². The first-order valence-corrected chi connectivity index (χ1v) is 11.3. The first kappa shape index (κ1) is 20.1. The van der Waals surface area contributed by atoms with E-state index in [-0.39, 0.29) is 48.9 Å². The fourth-order valence-electron chi connectivity index (χ4n) is 4.44. The van der Waals surface area contributed by atoms with Gasteiger partial charge in [0.15, 0.2) is 0 Å². The van der Waals surface area contributed by atoms with E-state index in [1.165, 1.54) is 17.0 Å². The fourth-order valence-corrected chi connectivity index (χ4v) is 4.44. The monoisotopic (exact) mass is 469 g/mol. The Labute approximate surface area is 199 Å². The number of ether oxygens (including phenoxy) is 2. The van der Waals surface area contributed by atoms with Crippen molar-refractivity contribution in [2.75, 3.05) is 26.3 Å². The molecule has 0 spiro atoms. The molecule has 5 rings (SSSR count). The summed E-state index contributed by atoms with van der Waals surface area (Å²) in [5.41, 5.74) is 1.48. The van der Waals surface area contributed by atoms with Crippen molar-refractivity contribution >= 4 is 17.7 Å². The zero-order valence-corrected chi connectivity index (χ0v) is 18.5. The summed E-state index contributed by atoms with van der Waals surface area (Å²) in [4.78, 5) is 39.8. The lowest BCUT2D eigenvalue weighted by molar-refractivity contribution is -0.136. The molecule has 3 aliphatic rings. The molecule has 9 heteroatoms. The summed E-state index contributed by atoms with van der Waals surface area (Å²) in [7, 11) is 0. The molecule has 8 nitrogen and oxygen atoms in total. The third-order valence-corrected chi connectivity index (χ3v) is 6.27. The van der Waals surface area contributed by atoms with Crippen LogP contribution in [0.2, 0.25) is 0 Å². The van der Waals surface area contributed by atoms with Crippen molar-refractivity contribution < 1.29 is 31.0 Å². The van der Waals surface area contributed by atoms with Gasteiger partial charge in [-0.1, -0.05) is 18.2 Å². The zero-order valence-electron chi connectivity index (χ0n) is 20.5. The maximum absolute atomic E-state index is 14.9. The highest BCUT2D eigenvalue weighted by Crippen LogP contribution is 2.34. The second kappa shape index (κ2) is 9.52. The average Bonchev–Trinajstić information content (AvgIpc) is 3.20. The van der Waals surface area contributed by atoms with E-state index >= 15 is 0 Å². The third kappa shape index (κ3) is 4.53. The highest BCUT2D eigenvalue weighted by Gasteiger charge is 2.40. The van der Waals surface area contributed by atoms with Crippen LogP contribution in [-0.4, -0.2) is 59.9 Å². The topological polar surface area (TPSA) is 88.2 Å². The van der Waals surface area contributed by atoms with Crippen molar-refractivity contribution in [3.63, 3.8) is 0 Å². The van der Waals surface area contributed by atoms with Gasteiger partial charge in [-0.3, -0.25) is 24.6 Å². The number of amides is 3. The molecule has 1 N–H and O–H groups in total. The van der Waals surface area contributed by atoms with Crippen molar-refractivity contribution in [3.8, 4) is 5.75 Å². The molecule has 2 aromatic carbocycles. The van der Waals surface area contributed by atoms with E-state index in [2.05, 4.69) is 5.32 Å². The van der Waals surface area contributed by atoms with Gasteiger partial charge in [0.1, 0.15) is 24.2 Å². The Balaban J connectivity index is 1.30. The smallest absolute Gasteiger partial charge is 0.255 e. The van der Waals surface area contributed by atoms with Crippen molar-refractivity contribution in [1.29, 1.82) is 0 Å². The number of nitrogens with one attached hydrogen (secondary N) is 1. The Morgan fingerprint density at radius 1 is 1.18 bits per heavy atom. The van der Waals surface area contributed by atoms with Gasteiger partial charge in [0.25, 0.3) is 5.91 Å². The molecular weight excluding hydrogens is 441 g/mol. The third-order valence-electron chi connectivity index (χ3n) is 6.27. The molecule has 0 radical (unpaired) electrons. The molecule has 34 heavy (non-hydrogen) atoms. The Morgan fingerprint density at radius 2 is 2.00 bits per heavy atom. The van der Waals surface area contributed by atoms with Gasteiger partial charge in [0.05, 0.1) is 19.8 Å². The van der Waals surface area contributed by atoms with E-state index in [0.29, 0.717) is 43.2 Å². The number of piperidine rings is 1. The van der Waals surface area contributed by atoms with Gasteiger partial charge in [0.2, 0.25) is 11.8 Å². The number of carbonyl (C=O) groups excluding carboxylic acids is 3. The van der Waals surface area contributed by atoms with Gasteiger partial charge < -0.3 is 14.4 Å². The molecule has 2 aromatic rings. The highest BCUT2D eigenvalue weighted by atomic mass is 19.1. The lowest BCUT2D eigenvalue weighted by Crippen LogP contribution is -2.52. The normalized spacial score (nSPS) is 22.2. The first-order chi connectivity index (χ1) is 17.3. The minimum absolute atomic E-state index is 0.115. The Bertz CT molecular complexity index is 1220. The molecule has 1 atom stereocenters. The molecular formula is C25H26FN3O5. The van der Waals surface area contributed by atoms with E-state index in [0.717, 1.165) is 0 Å².